The molecule has 0 aliphatic heterocycles. The Hall–Kier alpha value is -0.480. The molecule has 0 bridgehead atoms. The lowest BCUT2D eigenvalue weighted by Crippen LogP contribution is -2.46. The fraction of sp³-hybridized carbons (Fsp3) is 0.944. The van der Waals surface area contributed by atoms with Crippen LogP contribution in [0.3, 0.4) is 0 Å². The zero-order chi connectivity index (χ0) is 16.5. The van der Waals surface area contributed by atoms with E-state index in [1.807, 2.05) is 0 Å². The number of carbonyl (C=O) groups is 1. The van der Waals surface area contributed by atoms with Crippen LogP contribution in [-0.4, -0.2) is 35.8 Å². The predicted octanol–water partition coefficient (Wildman–Crippen LogP) is 4.23. The van der Waals surface area contributed by atoms with E-state index in [0.29, 0.717) is 18.4 Å². The Morgan fingerprint density at radius 2 is 1.61 bits per heavy atom. The van der Waals surface area contributed by atoms with Gasteiger partial charge in [-0.1, -0.05) is 51.4 Å². The van der Waals surface area contributed by atoms with Gasteiger partial charge in [0.2, 0.25) is 0 Å². The van der Waals surface area contributed by atoms with Crippen molar-refractivity contribution in [3.05, 3.63) is 0 Å². The summed E-state index contributed by atoms with van der Waals surface area (Å²) >= 11 is 5.80. The fourth-order valence-electron chi connectivity index (χ4n) is 3.94. The van der Waals surface area contributed by atoms with E-state index in [2.05, 4.69) is 5.32 Å². The Bertz CT molecular complexity index is 341. The topological polar surface area (TPSA) is 58.6 Å². The van der Waals surface area contributed by atoms with Gasteiger partial charge < -0.3 is 15.2 Å². The third kappa shape index (κ3) is 6.88. The highest BCUT2D eigenvalue weighted by Gasteiger charge is 2.26. The van der Waals surface area contributed by atoms with Gasteiger partial charge in [-0.3, -0.25) is 0 Å². The molecule has 4 nitrogen and oxygen atoms in total. The van der Waals surface area contributed by atoms with Gasteiger partial charge in [0.05, 0.1) is 24.6 Å². The van der Waals surface area contributed by atoms with Crippen LogP contribution in [0, 0.1) is 11.8 Å². The van der Waals surface area contributed by atoms with Gasteiger partial charge in [-0.25, -0.2) is 4.79 Å². The van der Waals surface area contributed by atoms with E-state index in [-0.39, 0.29) is 11.9 Å². The molecule has 0 radical (unpaired) electrons. The van der Waals surface area contributed by atoms with Crippen molar-refractivity contribution in [3.63, 3.8) is 0 Å². The second-order valence-electron chi connectivity index (χ2n) is 7.31. The molecule has 2 atom stereocenters. The summed E-state index contributed by atoms with van der Waals surface area (Å²) in [6, 6.07) is -0.297. The van der Waals surface area contributed by atoms with Crippen molar-refractivity contribution < 1.29 is 14.6 Å². The van der Waals surface area contributed by atoms with Crippen LogP contribution in [0.25, 0.3) is 0 Å². The maximum atomic E-state index is 12.1. The Kier molecular flexibility index (Phi) is 8.52. The van der Waals surface area contributed by atoms with Crippen LogP contribution < -0.4 is 5.32 Å². The Morgan fingerprint density at radius 3 is 2.17 bits per heavy atom. The van der Waals surface area contributed by atoms with E-state index in [9.17, 15) is 9.90 Å². The van der Waals surface area contributed by atoms with Gasteiger partial charge in [0.15, 0.2) is 0 Å². The molecule has 0 spiro atoms. The van der Waals surface area contributed by atoms with Crippen LogP contribution in [0.15, 0.2) is 0 Å². The minimum atomic E-state index is -0.708. The first-order chi connectivity index (χ1) is 11.2. The molecular formula is C18H32ClNO3. The first-order valence-electron chi connectivity index (χ1n) is 9.36. The summed E-state index contributed by atoms with van der Waals surface area (Å²) in [6.45, 7) is 0.499. The van der Waals surface area contributed by atoms with Crippen LogP contribution >= 0.6 is 11.6 Å². The first kappa shape index (κ1) is 18.9. The molecule has 2 saturated carbocycles. The lowest BCUT2D eigenvalue weighted by Gasteiger charge is -2.29. The molecule has 2 rings (SSSR count). The molecule has 0 aromatic carbocycles. The summed E-state index contributed by atoms with van der Waals surface area (Å²) in [5.41, 5.74) is 0. The number of carbonyl (C=O) groups excluding carboxylic acids is 1. The van der Waals surface area contributed by atoms with Crippen LogP contribution in [0.5, 0.6) is 0 Å². The first-order valence-corrected chi connectivity index (χ1v) is 9.89. The average Bonchev–Trinajstić information content (AvgIpc) is 2.60. The summed E-state index contributed by atoms with van der Waals surface area (Å²) in [7, 11) is 0. The quantitative estimate of drug-likeness (QED) is 0.679. The minimum absolute atomic E-state index is 0.139. The van der Waals surface area contributed by atoms with Gasteiger partial charge >= 0.3 is 6.09 Å². The third-order valence-corrected chi connectivity index (χ3v) is 5.73. The number of amides is 1. The summed E-state index contributed by atoms with van der Waals surface area (Å²) in [5.74, 6) is 1.22. The molecular weight excluding hydrogens is 314 g/mol. The molecule has 5 heteroatoms. The number of ether oxygens (including phenoxy) is 1. The lowest BCUT2D eigenvalue weighted by molar-refractivity contribution is 0.0895. The average molecular weight is 346 g/mol. The van der Waals surface area contributed by atoms with Gasteiger partial charge in [0.25, 0.3) is 0 Å². The van der Waals surface area contributed by atoms with E-state index < -0.39 is 12.2 Å². The van der Waals surface area contributed by atoms with Gasteiger partial charge in [-0.05, 0) is 31.1 Å². The van der Waals surface area contributed by atoms with Crippen molar-refractivity contribution in [2.75, 3.05) is 12.5 Å². The summed E-state index contributed by atoms with van der Waals surface area (Å²) < 4.78 is 5.39. The van der Waals surface area contributed by atoms with Gasteiger partial charge in [-0.2, -0.15) is 0 Å². The van der Waals surface area contributed by atoms with E-state index in [1.54, 1.807) is 0 Å². The molecule has 23 heavy (non-hydrogen) atoms. The van der Waals surface area contributed by atoms with Crippen molar-refractivity contribution in [2.24, 2.45) is 11.8 Å². The number of aliphatic hydroxyl groups is 1. The van der Waals surface area contributed by atoms with Crippen molar-refractivity contribution in [3.8, 4) is 0 Å². The molecule has 2 aliphatic rings. The number of nitrogens with one attached hydrogen (secondary N) is 1. The maximum absolute atomic E-state index is 12.1. The monoisotopic (exact) mass is 345 g/mol. The number of rotatable bonds is 7. The number of hydrogen-bond acceptors (Lipinski definition) is 3. The van der Waals surface area contributed by atoms with Crippen molar-refractivity contribution in [2.45, 2.75) is 82.8 Å². The smallest absolute Gasteiger partial charge is 0.407 e. The van der Waals surface area contributed by atoms with Gasteiger partial charge in [0, 0.05) is 0 Å². The SMILES string of the molecule is O=C(N[C@@H](CC1CCCCC1)[C@H](O)CCl)OCC1CCCCC1. The van der Waals surface area contributed by atoms with Crippen LogP contribution in [0.2, 0.25) is 0 Å². The van der Waals surface area contributed by atoms with Crippen LogP contribution in [0.1, 0.15) is 70.6 Å². The summed E-state index contributed by atoms with van der Waals surface area (Å²) in [6.07, 6.45) is 12.0. The summed E-state index contributed by atoms with van der Waals surface area (Å²) in [4.78, 5) is 12.1. The number of aliphatic hydroxyl groups excluding tert-OH is 1. The zero-order valence-corrected chi connectivity index (χ0v) is 14.9. The molecule has 0 aromatic rings. The number of hydrogen-bond donors (Lipinski definition) is 2. The highest BCUT2D eigenvalue weighted by Crippen LogP contribution is 2.28. The second kappa shape index (κ2) is 10.4. The Labute approximate surface area is 145 Å². The van der Waals surface area contributed by atoms with Crippen molar-refractivity contribution in [1.29, 1.82) is 0 Å². The molecule has 0 heterocycles. The number of alkyl carbamates (subject to hydrolysis) is 1. The van der Waals surface area contributed by atoms with E-state index >= 15 is 0 Å². The van der Waals surface area contributed by atoms with E-state index in [0.717, 1.165) is 19.3 Å². The lowest BCUT2D eigenvalue weighted by atomic mass is 9.84. The maximum Gasteiger partial charge on any atom is 0.407 e. The van der Waals surface area contributed by atoms with Crippen LogP contribution in [-0.2, 0) is 4.74 Å². The minimum Gasteiger partial charge on any atom is -0.449 e. The highest BCUT2D eigenvalue weighted by molar-refractivity contribution is 6.18. The molecule has 2 N–H and O–H groups in total. The van der Waals surface area contributed by atoms with E-state index in [1.165, 1.54) is 51.4 Å². The molecule has 2 aliphatic carbocycles. The normalized spacial score (nSPS) is 23.2. The molecule has 1 amide bonds. The Morgan fingerprint density at radius 1 is 1.04 bits per heavy atom. The highest BCUT2D eigenvalue weighted by atomic mass is 35.5. The molecule has 0 unspecified atom stereocenters. The third-order valence-electron chi connectivity index (χ3n) is 5.41. The Balaban J connectivity index is 1.75. The molecule has 134 valence electrons. The largest absolute Gasteiger partial charge is 0.449 e. The predicted molar refractivity (Wildman–Crippen MR) is 92.8 cm³/mol. The molecule has 0 saturated heterocycles. The van der Waals surface area contributed by atoms with Crippen LogP contribution in [0.4, 0.5) is 4.79 Å². The van der Waals surface area contributed by atoms with E-state index in [4.69, 9.17) is 16.3 Å². The van der Waals surface area contributed by atoms with Crippen molar-refractivity contribution in [1.82, 2.24) is 5.32 Å². The van der Waals surface area contributed by atoms with Crippen molar-refractivity contribution >= 4 is 17.7 Å². The van der Waals surface area contributed by atoms with Gasteiger partial charge in [-0.15, -0.1) is 11.6 Å². The number of alkyl halides is 1. The standard InChI is InChI=1S/C18H32ClNO3/c19-12-17(21)16(11-14-7-3-1-4-8-14)20-18(22)23-13-15-9-5-2-6-10-15/h14-17,21H,1-13H2,(H,20,22)/t16-,17+/m0/s1. The molecule has 0 aromatic heterocycles. The number of halogens is 1. The zero-order valence-electron chi connectivity index (χ0n) is 14.1. The molecule has 2 fully saturated rings. The fourth-order valence-corrected chi connectivity index (χ4v) is 4.16. The van der Waals surface area contributed by atoms with Gasteiger partial charge in [0.1, 0.15) is 0 Å². The summed E-state index contributed by atoms with van der Waals surface area (Å²) in [5, 5.41) is 13.0. The second-order valence-corrected chi connectivity index (χ2v) is 7.62.